The molecule has 0 aliphatic carbocycles. The molecule has 1 saturated heterocycles. The number of nitrogens with two attached hydrogens (primary N) is 1. The van der Waals surface area contributed by atoms with Crippen molar-refractivity contribution in [3.8, 4) is 16.5 Å². The van der Waals surface area contributed by atoms with Crippen LogP contribution in [-0.4, -0.2) is 41.9 Å². The third-order valence-electron chi connectivity index (χ3n) is 4.48. The third-order valence-corrected chi connectivity index (χ3v) is 7.24. The first kappa shape index (κ1) is 19.6. The molecule has 0 saturated carbocycles. The van der Waals surface area contributed by atoms with E-state index in [9.17, 15) is 13.2 Å². The summed E-state index contributed by atoms with van der Waals surface area (Å²) in [5.74, 6) is 0.0235. The first-order valence-electron chi connectivity index (χ1n) is 8.88. The Morgan fingerprint density at radius 1 is 1.28 bits per heavy atom. The highest BCUT2D eigenvalue weighted by molar-refractivity contribution is 7.89. The van der Waals surface area contributed by atoms with Crippen molar-refractivity contribution in [2.24, 2.45) is 5.73 Å². The van der Waals surface area contributed by atoms with Gasteiger partial charge in [0.1, 0.15) is 5.75 Å². The van der Waals surface area contributed by atoms with Gasteiger partial charge in [-0.15, -0.1) is 11.3 Å². The van der Waals surface area contributed by atoms with Crippen LogP contribution in [0.1, 0.15) is 29.1 Å². The molecule has 1 fully saturated rings. The molecule has 0 atom stereocenters. The molecule has 3 aromatic rings. The number of hydrogen-bond donors (Lipinski definition) is 1. The number of thiophene rings is 1. The van der Waals surface area contributed by atoms with E-state index in [-0.39, 0.29) is 28.7 Å². The number of ether oxygens (including phenoxy) is 1. The molecule has 0 radical (unpaired) electrons. The number of amides is 1. The van der Waals surface area contributed by atoms with Crippen molar-refractivity contribution in [2.75, 3.05) is 13.1 Å². The molecule has 2 N–H and O–H groups in total. The molecule has 29 heavy (non-hydrogen) atoms. The van der Waals surface area contributed by atoms with Gasteiger partial charge in [0, 0.05) is 13.1 Å². The summed E-state index contributed by atoms with van der Waals surface area (Å²) in [5.41, 5.74) is 5.42. The molecule has 1 aliphatic heterocycles. The van der Waals surface area contributed by atoms with E-state index in [1.54, 1.807) is 0 Å². The Labute approximate surface area is 171 Å². The number of benzene rings is 1. The minimum atomic E-state index is -3.67. The molecule has 3 heterocycles. The van der Waals surface area contributed by atoms with E-state index in [4.69, 9.17) is 15.0 Å². The molecular weight excluding hydrogens is 416 g/mol. The third kappa shape index (κ3) is 4.02. The number of sulfonamides is 1. The molecule has 0 unspecified atom stereocenters. The van der Waals surface area contributed by atoms with Crippen LogP contribution in [0.25, 0.3) is 10.7 Å². The quantitative estimate of drug-likeness (QED) is 0.604. The molecule has 2 aromatic heterocycles. The van der Waals surface area contributed by atoms with Crippen molar-refractivity contribution in [2.45, 2.75) is 24.3 Å². The summed E-state index contributed by atoms with van der Waals surface area (Å²) < 4.78 is 37.6. The van der Waals surface area contributed by atoms with Crippen LogP contribution in [0, 0.1) is 0 Å². The van der Waals surface area contributed by atoms with E-state index >= 15 is 0 Å². The summed E-state index contributed by atoms with van der Waals surface area (Å²) in [6.07, 6.45) is 1.64. The summed E-state index contributed by atoms with van der Waals surface area (Å²) >= 11 is 1.48. The van der Waals surface area contributed by atoms with Crippen LogP contribution in [0.3, 0.4) is 0 Å². The average Bonchev–Trinajstić information content (AvgIpc) is 3.48. The van der Waals surface area contributed by atoms with Crippen LogP contribution < -0.4 is 10.5 Å². The van der Waals surface area contributed by atoms with Gasteiger partial charge in [0.2, 0.25) is 15.8 Å². The largest absolute Gasteiger partial charge is 0.483 e. The van der Waals surface area contributed by atoms with Crippen LogP contribution in [0.5, 0.6) is 5.75 Å². The summed E-state index contributed by atoms with van der Waals surface area (Å²) in [5, 5.41) is 5.79. The minimum Gasteiger partial charge on any atom is -0.483 e. The number of primary amides is 1. The Morgan fingerprint density at radius 2 is 2.07 bits per heavy atom. The Bertz CT molecular complexity index is 1120. The zero-order valence-electron chi connectivity index (χ0n) is 15.3. The van der Waals surface area contributed by atoms with Crippen LogP contribution in [0.2, 0.25) is 0 Å². The monoisotopic (exact) mass is 434 g/mol. The Morgan fingerprint density at radius 3 is 2.76 bits per heavy atom. The molecule has 11 heteroatoms. The molecule has 0 spiro atoms. The molecular formula is C18H18N4O5S2. The van der Waals surface area contributed by atoms with Crippen molar-refractivity contribution in [1.82, 2.24) is 14.4 Å². The maximum absolute atomic E-state index is 12.7. The van der Waals surface area contributed by atoms with Gasteiger partial charge in [0.15, 0.2) is 6.61 Å². The lowest BCUT2D eigenvalue weighted by atomic mass is 10.2. The van der Waals surface area contributed by atoms with E-state index in [2.05, 4.69) is 10.1 Å². The smallest absolute Gasteiger partial charge is 0.264 e. The first-order valence-corrected chi connectivity index (χ1v) is 11.2. The second kappa shape index (κ2) is 7.93. The lowest BCUT2D eigenvalue weighted by Gasteiger charge is -2.16. The fourth-order valence-corrected chi connectivity index (χ4v) is 5.22. The van der Waals surface area contributed by atoms with Gasteiger partial charge < -0.3 is 15.0 Å². The number of carbonyl (C=O) groups excluding carboxylic acids is 1. The predicted molar refractivity (Wildman–Crippen MR) is 105 cm³/mol. The van der Waals surface area contributed by atoms with Crippen molar-refractivity contribution in [3.05, 3.63) is 47.2 Å². The van der Waals surface area contributed by atoms with Crippen molar-refractivity contribution in [1.29, 1.82) is 0 Å². The number of aromatic nitrogens is 2. The van der Waals surface area contributed by atoms with Gasteiger partial charge in [-0.2, -0.15) is 9.29 Å². The van der Waals surface area contributed by atoms with Crippen molar-refractivity contribution >= 4 is 27.3 Å². The second-order valence-corrected chi connectivity index (χ2v) is 9.30. The van der Waals surface area contributed by atoms with Gasteiger partial charge in [0.25, 0.3) is 11.8 Å². The summed E-state index contributed by atoms with van der Waals surface area (Å²) in [4.78, 5) is 17.0. The SMILES string of the molecule is NC(=O)c1cc(S(=O)(=O)N2CCCC2)ccc1OCc1nc(-c2cccs2)no1. The maximum atomic E-state index is 12.7. The highest BCUT2D eigenvalue weighted by Crippen LogP contribution is 2.27. The van der Waals surface area contributed by atoms with Crippen LogP contribution in [0.15, 0.2) is 45.1 Å². The van der Waals surface area contributed by atoms with Gasteiger partial charge in [-0.25, -0.2) is 8.42 Å². The van der Waals surface area contributed by atoms with E-state index in [0.717, 1.165) is 17.7 Å². The Kier molecular flexibility index (Phi) is 5.35. The minimum absolute atomic E-state index is 0.0123. The topological polar surface area (TPSA) is 129 Å². The van der Waals surface area contributed by atoms with Crippen LogP contribution >= 0.6 is 11.3 Å². The van der Waals surface area contributed by atoms with Gasteiger partial charge in [-0.3, -0.25) is 4.79 Å². The lowest BCUT2D eigenvalue weighted by molar-refractivity contribution is 0.0994. The zero-order valence-corrected chi connectivity index (χ0v) is 16.9. The molecule has 1 amide bonds. The zero-order chi connectivity index (χ0) is 20.4. The normalized spacial score (nSPS) is 14.9. The average molecular weight is 434 g/mol. The van der Waals surface area contributed by atoms with Gasteiger partial charge >= 0.3 is 0 Å². The van der Waals surface area contributed by atoms with Gasteiger partial charge in [-0.05, 0) is 42.5 Å². The first-order chi connectivity index (χ1) is 13.9. The van der Waals surface area contributed by atoms with E-state index in [1.807, 2.05) is 17.5 Å². The fraction of sp³-hybridized carbons (Fsp3) is 0.278. The summed E-state index contributed by atoms with van der Waals surface area (Å²) in [6, 6.07) is 7.81. The summed E-state index contributed by atoms with van der Waals surface area (Å²) in [6.45, 7) is 0.851. The lowest BCUT2D eigenvalue weighted by Crippen LogP contribution is -2.28. The molecule has 4 rings (SSSR count). The number of nitrogens with zero attached hydrogens (tertiary/aromatic N) is 3. The molecule has 1 aromatic carbocycles. The molecule has 0 bridgehead atoms. The predicted octanol–water partition coefficient (Wildman–Crippen LogP) is 2.26. The standard InChI is InChI=1S/C18H18N4O5S2/c19-17(23)13-10-12(29(24,25)22-7-1-2-8-22)5-6-14(13)26-11-16-20-18(21-27-16)15-4-3-9-28-15/h3-6,9-10H,1-2,7-8,11H2,(H2,19,23). The van der Waals surface area contributed by atoms with E-state index < -0.39 is 15.9 Å². The number of hydrogen-bond acceptors (Lipinski definition) is 8. The Hall–Kier alpha value is -2.76. The van der Waals surface area contributed by atoms with Crippen molar-refractivity contribution < 1.29 is 22.5 Å². The van der Waals surface area contributed by atoms with E-state index in [1.165, 1.54) is 33.8 Å². The van der Waals surface area contributed by atoms with Crippen LogP contribution in [-0.2, 0) is 16.6 Å². The summed E-state index contributed by atoms with van der Waals surface area (Å²) in [7, 11) is -3.67. The molecule has 9 nitrogen and oxygen atoms in total. The van der Waals surface area contributed by atoms with Crippen molar-refractivity contribution in [3.63, 3.8) is 0 Å². The second-order valence-electron chi connectivity index (χ2n) is 6.41. The Balaban J connectivity index is 1.54. The number of rotatable bonds is 7. The van der Waals surface area contributed by atoms with Gasteiger partial charge in [0.05, 0.1) is 15.3 Å². The number of carbonyl (C=O) groups is 1. The highest BCUT2D eigenvalue weighted by atomic mass is 32.2. The highest BCUT2D eigenvalue weighted by Gasteiger charge is 2.28. The van der Waals surface area contributed by atoms with Crippen LogP contribution in [0.4, 0.5) is 0 Å². The maximum Gasteiger partial charge on any atom is 0.264 e. The van der Waals surface area contributed by atoms with E-state index in [0.29, 0.717) is 18.9 Å². The molecule has 152 valence electrons. The van der Waals surface area contributed by atoms with Gasteiger partial charge in [-0.1, -0.05) is 11.2 Å². The molecule has 1 aliphatic rings. The fourth-order valence-electron chi connectivity index (χ4n) is 3.02.